The highest BCUT2D eigenvalue weighted by Crippen LogP contribution is 2.04. The predicted octanol–water partition coefficient (Wildman–Crippen LogP) is 0.233. The summed E-state index contributed by atoms with van der Waals surface area (Å²) in [4.78, 5) is 17.1. The van der Waals surface area contributed by atoms with E-state index in [1.165, 1.54) is 17.3 Å². The second-order valence-corrected chi connectivity index (χ2v) is 3.77. The zero-order chi connectivity index (χ0) is 12.3. The quantitative estimate of drug-likeness (QED) is 0.758. The lowest BCUT2D eigenvalue weighted by Crippen LogP contribution is -2.30. The molecule has 0 aromatic carbocycles. The van der Waals surface area contributed by atoms with E-state index in [0.717, 1.165) is 11.5 Å². The van der Waals surface area contributed by atoms with Crippen LogP contribution in [-0.4, -0.2) is 37.8 Å². The second kappa shape index (κ2) is 4.77. The lowest BCUT2D eigenvalue weighted by atomic mass is 10.3. The van der Waals surface area contributed by atoms with E-state index in [1.54, 1.807) is 18.0 Å². The standard InChI is InChI=1S/C10H13N5O2/c1-8-3-9(13-17-8)4-14(2)10(16)5-15-7-11-6-12-15/h3,6-7H,4-5H2,1-2H3. The van der Waals surface area contributed by atoms with E-state index in [1.807, 2.05) is 6.92 Å². The SMILES string of the molecule is Cc1cc(CN(C)C(=O)Cn2cncn2)no1. The number of aryl methyl sites for hydroxylation is 1. The van der Waals surface area contributed by atoms with Crippen LogP contribution in [0, 0.1) is 6.92 Å². The molecule has 0 fully saturated rings. The van der Waals surface area contributed by atoms with Crippen molar-refractivity contribution in [3.05, 3.63) is 30.2 Å². The largest absolute Gasteiger partial charge is 0.361 e. The first-order chi connectivity index (χ1) is 8.15. The molecule has 0 radical (unpaired) electrons. The molecular weight excluding hydrogens is 222 g/mol. The highest BCUT2D eigenvalue weighted by atomic mass is 16.5. The molecule has 0 bridgehead atoms. The highest BCUT2D eigenvalue weighted by Gasteiger charge is 2.12. The third-order valence-corrected chi connectivity index (χ3v) is 2.27. The molecule has 0 saturated carbocycles. The monoisotopic (exact) mass is 235 g/mol. The van der Waals surface area contributed by atoms with Gasteiger partial charge in [-0.3, -0.25) is 4.79 Å². The van der Waals surface area contributed by atoms with Crippen LogP contribution in [0.4, 0.5) is 0 Å². The smallest absolute Gasteiger partial charge is 0.244 e. The number of likely N-dealkylation sites (N-methyl/N-ethyl adjacent to an activating group) is 1. The molecule has 2 aromatic rings. The summed E-state index contributed by atoms with van der Waals surface area (Å²) in [6, 6.07) is 1.80. The van der Waals surface area contributed by atoms with Gasteiger partial charge in [0, 0.05) is 13.1 Å². The maximum Gasteiger partial charge on any atom is 0.244 e. The Morgan fingerprint density at radius 3 is 3.00 bits per heavy atom. The molecule has 1 amide bonds. The molecule has 17 heavy (non-hydrogen) atoms. The van der Waals surface area contributed by atoms with Crippen LogP contribution in [0.3, 0.4) is 0 Å². The molecule has 0 N–H and O–H groups in total. The minimum atomic E-state index is -0.0591. The van der Waals surface area contributed by atoms with E-state index in [-0.39, 0.29) is 12.5 Å². The van der Waals surface area contributed by atoms with Crippen molar-refractivity contribution in [2.75, 3.05) is 7.05 Å². The Kier molecular flexibility index (Phi) is 3.17. The van der Waals surface area contributed by atoms with Gasteiger partial charge in [0.25, 0.3) is 0 Å². The summed E-state index contributed by atoms with van der Waals surface area (Å²) in [6.45, 7) is 2.41. The van der Waals surface area contributed by atoms with Crippen LogP contribution in [0.2, 0.25) is 0 Å². The van der Waals surface area contributed by atoms with Crippen LogP contribution in [0.1, 0.15) is 11.5 Å². The van der Waals surface area contributed by atoms with Crippen molar-refractivity contribution in [3.8, 4) is 0 Å². The minimum Gasteiger partial charge on any atom is -0.361 e. The Morgan fingerprint density at radius 2 is 2.41 bits per heavy atom. The maximum atomic E-state index is 11.8. The van der Waals surface area contributed by atoms with Crippen molar-refractivity contribution >= 4 is 5.91 Å². The normalized spacial score (nSPS) is 10.5. The van der Waals surface area contributed by atoms with E-state index in [4.69, 9.17) is 4.52 Å². The predicted molar refractivity (Wildman–Crippen MR) is 57.7 cm³/mol. The van der Waals surface area contributed by atoms with E-state index in [0.29, 0.717) is 6.54 Å². The van der Waals surface area contributed by atoms with Crippen LogP contribution in [0.25, 0.3) is 0 Å². The van der Waals surface area contributed by atoms with Crippen molar-refractivity contribution in [1.82, 2.24) is 24.8 Å². The first-order valence-electron chi connectivity index (χ1n) is 5.13. The molecule has 90 valence electrons. The number of hydrogen-bond acceptors (Lipinski definition) is 5. The summed E-state index contributed by atoms with van der Waals surface area (Å²) in [5, 5.41) is 7.71. The Balaban J connectivity index is 1.91. The molecule has 2 rings (SSSR count). The number of nitrogens with zero attached hydrogens (tertiary/aromatic N) is 5. The average molecular weight is 235 g/mol. The summed E-state index contributed by atoms with van der Waals surface area (Å²) >= 11 is 0. The van der Waals surface area contributed by atoms with Gasteiger partial charge in [0.05, 0.1) is 6.54 Å². The molecule has 7 heteroatoms. The number of carbonyl (C=O) groups excluding carboxylic acids is 1. The fourth-order valence-electron chi connectivity index (χ4n) is 1.40. The summed E-state index contributed by atoms with van der Waals surface area (Å²) in [5.74, 6) is 0.674. The van der Waals surface area contributed by atoms with E-state index < -0.39 is 0 Å². The van der Waals surface area contributed by atoms with Gasteiger partial charge in [-0.05, 0) is 6.92 Å². The van der Waals surface area contributed by atoms with Crippen molar-refractivity contribution in [3.63, 3.8) is 0 Å². The van der Waals surface area contributed by atoms with Gasteiger partial charge in [-0.1, -0.05) is 5.16 Å². The average Bonchev–Trinajstić information content (AvgIpc) is 2.90. The number of hydrogen-bond donors (Lipinski definition) is 0. The zero-order valence-corrected chi connectivity index (χ0v) is 9.70. The van der Waals surface area contributed by atoms with Crippen molar-refractivity contribution in [2.24, 2.45) is 0 Å². The fourth-order valence-corrected chi connectivity index (χ4v) is 1.40. The molecule has 0 atom stereocenters. The Labute approximate surface area is 98.0 Å². The Hall–Kier alpha value is -2.18. The van der Waals surface area contributed by atoms with E-state index in [9.17, 15) is 4.79 Å². The summed E-state index contributed by atoms with van der Waals surface area (Å²) in [7, 11) is 1.71. The van der Waals surface area contributed by atoms with E-state index in [2.05, 4.69) is 15.2 Å². The third kappa shape index (κ3) is 2.90. The molecule has 0 saturated heterocycles. The summed E-state index contributed by atoms with van der Waals surface area (Å²) in [5.41, 5.74) is 0.733. The highest BCUT2D eigenvalue weighted by molar-refractivity contribution is 5.75. The van der Waals surface area contributed by atoms with Crippen LogP contribution < -0.4 is 0 Å². The molecule has 2 heterocycles. The molecule has 0 unspecified atom stereocenters. The van der Waals surface area contributed by atoms with Crippen LogP contribution >= 0.6 is 0 Å². The zero-order valence-electron chi connectivity index (χ0n) is 9.70. The van der Waals surface area contributed by atoms with Gasteiger partial charge in [0.2, 0.25) is 5.91 Å². The van der Waals surface area contributed by atoms with Gasteiger partial charge in [-0.2, -0.15) is 5.10 Å². The minimum absolute atomic E-state index is 0.0591. The molecular formula is C10H13N5O2. The number of amides is 1. The molecule has 0 aliphatic carbocycles. The lowest BCUT2D eigenvalue weighted by Gasteiger charge is -2.14. The van der Waals surface area contributed by atoms with Gasteiger partial charge in [-0.25, -0.2) is 9.67 Å². The van der Waals surface area contributed by atoms with Gasteiger partial charge in [0.15, 0.2) is 0 Å². The topological polar surface area (TPSA) is 77.1 Å². The number of carbonyl (C=O) groups is 1. The molecule has 0 aliphatic rings. The van der Waals surface area contributed by atoms with Gasteiger partial charge >= 0.3 is 0 Å². The van der Waals surface area contributed by atoms with E-state index >= 15 is 0 Å². The van der Waals surface area contributed by atoms with Crippen molar-refractivity contribution in [1.29, 1.82) is 0 Å². The van der Waals surface area contributed by atoms with Gasteiger partial charge in [0.1, 0.15) is 30.7 Å². The first kappa shape index (κ1) is 11.3. The molecule has 2 aromatic heterocycles. The van der Waals surface area contributed by atoms with Gasteiger partial charge in [-0.15, -0.1) is 0 Å². The van der Waals surface area contributed by atoms with Gasteiger partial charge < -0.3 is 9.42 Å². The Morgan fingerprint density at radius 1 is 1.59 bits per heavy atom. The lowest BCUT2D eigenvalue weighted by molar-refractivity contribution is -0.131. The fraction of sp³-hybridized carbons (Fsp3) is 0.400. The summed E-state index contributed by atoms with van der Waals surface area (Å²) < 4.78 is 6.41. The van der Waals surface area contributed by atoms with Crippen LogP contribution in [0.5, 0.6) is 0 Å². The molecule has 0 aliphatic heterocycles. The third-order valence-electron chi connectivity index (χ3n) is 2.27. The van der Waals surface area contributed by atoms with Crippen LogP contribution in [0.15, 0.2) is 23.2 Å². The molecule has 7 nitrogen and oxygen atoms in total. The number of rotatable bonds is 4. The first-order valence-corrected chi connectivity index (χ1v) is 5.13. The van der Waals surface area contributed by atoms with Crippen molar-refractivity contribution in [2.45, 2.75) is 20.0 Å². The molecule has 0 spiro atoms. The summed E-state index contributed by atoms with van der Waals surface area (Å²) in [6.07, 6.45) is 2.90. The van der Waals surface area contributed by atoms with Crippen LogP contribution in [-0.2, 0) is 17.9 Å². The second-order valence-electron chi connectivity index (χ2n) is 3.77. The Bertz CT molecular complexity index is 491. The number of aromatic nitrogens is 4. The maximum absolute atomic E-state index is 11.8. The van der Waals surface area contributed by atoms with Crippen molar-refractivity contribution < 1.29 is 9.32 Å².